The molecule has 1 unspecified atom stereocenters. The van der Waals surface area contributed by atoms with Gasteiger partial charge in [-0.05, 0) is 44.0 Å². The molecule has 0 radical (unpaired) electrons. The average Bonchev–Trinajstić information content (AvgIpc) is 3.26. The lowest BCUT2D eigenvalue weighted by molar-refractivity contribution is 0.411. The zero-order valence-corrected chi connectivity index (χ0v) is 14.4. The quantitative estimate of drug-likeness (QED) is 0.783. The monoisotopic (exact) mass is 350 g/mol. The van der Waals surface area contributed by atoms with Gasteiger partial charge in [0.25, 0.3) is 0 Å². The minimum absolute atomic E-state index is 0.151. The molecule has 2 N–H and O–H groups in total. The van der Waals surface area contributed by atoms with Crippen LogP contribution in [-0.4, -0.2) is 44.9 Å². The van der Waals surface area contributed by atoms with Gasteiger partial charge in [0.2, 0.25) is 10.0 Å². The highest BCUT2D eigenvalue weighted by Gasteiger charge is 2.19. The van der Waals surface area contributed by atoms with Crippen molar-refractivity contribution in [1.82, 2.24) is 19.8 Å². The molecule has 1 saturated heterocycles. The summed E-state index contributed by atoms with van der Waals surface area (Å²) in [6.45, 7) is 2.42. The number of sulfonamides is 1. The van der Waals surface area contributed by atoms with Crippen LogP contribution >= 0.6 is 0 Å². The number of hydrogen-bond acceptors (Lipinski definition) is 5. The number of aromatic nitrogens is 2. The normalized spacial score (nSPS) is 18.0. The zero-order chi connectivity index (χ0) is 17.0. The van der Waals surface area contributed by atoms with Gasteiger partial charge in [-0.1, -0.05) is 12.1 Å². The van der Waals surface area contributed by atoms with Crippen LogP contribution in [0.15, 0.2) is 41.6 Å². The Morgan fingerprint density at radius 2 is 2.25 bits per heavy atom. The maximum Gasteiger partial charge on any atom is 0.243 e. The summed E-state index contributed by atoms with van der Waals surface area (Å²) < 4.78 is 34.2. The van der Waals surface area contributed by atoms with E-state index in [1.807, 2.05) is 18.2 Å². The summed E-state index contributed by atoms with van der Waals surface area (Å²) in [6.07, 6.45) is 4.80. The van der Waals surface area contributed by atoms with E-state index in [2.05, 4.69) is 15.1 Å². The fourth-order valence-electron chi connectivity index (χ4n) is 2.84. The van der Waals surface area contributed by atoms with E-state index >= 15 is 0 Å². The van der Waals surface area contributed by atoms with Crippen LogP contribution in [0.5, 0.6) is 5.75 Å². The fraction of sp³-hybridized carbons (Fsp3) is 0.438. The molecule has 24 heavy (non-hydrogen) atoms. The summed E-state index contributed by atoms with van der Waals surface area (Å²) in [7, 11) is -1.98. The van der Waals surface area contributed by atoms with Crippen LogP contribution in [0.2, 0.25) is 0 Å². The molecule has 0 aliphatic carbocycles. The molecule has 130 valence electrons. The molecule has 1 aliphatic rings. The summed E-state index contributed by atoms with van der Waals surface area (Å²) in [6, 6.07) is 7.33. The molecule has 2 aromatic rings. The molecule has 8 heteroatoms. The second-order valence-electron chi connectivity index (χ2n) is 5.84. The van der Waals surface area contributed by atoms with Crippen molar-refractivity contribution in [2.75, 3.05) is 26.7 Å². The Labute approximate surface area is 142 Å². The average molecular weight is 350 g/mol. The molecule has 1 aromatic heterocycles. The lowest BCUT2D eigenvalue weighted by Gasteiger charge is -2.09. The predicted octanol–water partition coefficient (Wildman–Crippen LogP) is 1.16. The molecule has 1 aromatic carbocycles. The molecule has 0 bridgehead atoms. The van der Waals surface area contributed by atoms with E-state index in [1.165, 1.54) is 17.1 Å². The molecular weight excluding hydrogens is 328 g/mol. The van der Waals surface area contributed by atoms with Crippen LogP contribution in [0.25, 0.3) is 5.69 Å². The Balaban J connectivity index is 1.69. The van der Waals surface area contributed by atoms with Crippen LogP contribution < -0.4 is 14.8 Å². The number of hydrogen-bond donors (Lipinski definition) is 2. The molecular formula is C16H22N4O3S. The number of methoxy groups -OCH3 is 1. The third kappa shape index (κ3) is 3.77. The minimum atomic E-state index is -3.55. The molecule has 0 spiro atoms. The van der Waals surface area contributed by atoms with E-state index in [9.17, 15) is 8.42 Å². The van der Waals surface area contributed by atoms with E-state index in [0.29, 0.717) is 23.9 Å². The number of benzene rings is 1. The topological polar surface area (TPSA) is 85.2 Å². The maximum absolute atomic E-state index is 12.4. The summed E-state index contributed by atoms with van der Waals surface area (Å²) in [4.78, 5) is 0.151. The zero-order valence-electron chi connectivity index (χ0n) is 13.6. The first-order chi connectivity index (χ1) is 11.6. The van der Waals surface area contributed by atoms with Crippen molar-refractivity contribution in [1.29, 1.82) is 0 Å². The fourth-order valence-corrected chi connectivity index (χ4v) is 3.82. The molecule has 7 nitrogen and oxygen atoms in total. The van der Waals surface area contributed by atoms with E-state index < -0.39 is 10.0 Å². The van der Waals surface area contributed by atoms with Crippen molar-refractivity contribution >= 4 is 10.0 Å². The standard InChI is InChI=1S/C16H22N4O3S/c1-23-16-5-3-2-4-15(16)20-12-14(11-18-20)24(21,22)19-9-7-13-6-8-17-10-13/h2-5,11-13,17,19H,6-10H2,1H3. The molecule has 3 rings (SSSR count). The van der Waals surface area contributed by atoms with Crippen LogP contribution in [-0.2, 0) is 10.0 Å². The van der Waals surface area contributed by atoms with Gasteiger partial charge in [0.1, 0.15) is 16.3 Å². The minimum Gasteiger partial charge on any atom is -0.494 e. The van der Waals surface area contributed by atoms with Gasteiger partial charge in [-0.15, -0.1) is 0 Å². The third-order valence-electron chi connectivity index (χ3n) is 4.21. The van der Waals surface area contributed by atoms with Crippen molar-refractivity contribution in [3.63, 3.8) is 0 Å². The molecule has 1 atom stereocenters. The smallest absolute Gasteiger partial charge is 0.243 e. The van der Waals surface area contributed by atoms with E-state index in [1.54, 1.807) is 13.2 Å². The Bertz CT molecular complexity index is 782. The van der Waals surface area contributed by atoms with E-state index in [0.717, 1.165) is 25.9 Å². The molecule has 0 amide bonds. The SMILES string of the molecule is COc1ccccc1-n1cc(S(=O)(=O)NCCC2CCNC2)cn1. The highest BCUT2D eigenvalue weighted by atomic mass is 32.2. The van der Waals surface area contributed by atoms with Crippen LogP contribution in [0.1, 0.15) is 12.8 Å². The van der Waals surface area contributed by atoms with Crippen molar-refractivity contribution in [3.05, 3.63) is 36.7 Å². The lowest BCUT2D eigenvalue weighted by Crippen LogP contribution is -2.26. The van der Waals surface area contributed by atoms with Gasteiger partial charge in [-0.3, -0.25) is 0 Å². The summed E-state index contributed by atoms with van der Waals surface area (Å²) >= 11 is 0. The Kier molecular flexibility index (Phi) is 5.17. The van der Waals surface area contributed by atoms with Gasteiger partial charge in [0.05, 0.1) is 19.5 Å². The summed E-state index contributed by atoms with van der Waals surface area (Å²) in [5.74, 6) is 1.18. The first kappa shape index (κ1) is 16.9. The van der Waals surface area contributed by atoms with Gasteiger partial charge >= 0.3 is 0 Å². The van der Waals surface area contributed by atoms with Crippen LogP contribution in [0.4, 0.5) is 0 Å². The largest absolute Gasteiger partial charge is 0.494 e. The summed E-state index contributed by atoms with van der Waals surface area (Å²) in [5.41, 5.74) is 0.693. The number of nitrogens with one attached hydrogen (secondary N) is 2. The van der Waals surface area contributed by atoms with Crippen molar-refractivity contribution in [2.24, 2.45) is 5.92 Å². The Morgan fingerprint density at radius 3 is 3.00 bits per heavy atom. The summed E-state index contributed by atoms with van der Waals surface area (Å²) in [5, 5.41) is 7.44. The first-order valence-electron chi connectivity index (χ1n) is 7.98. The van der Waals surface area contributed by atoms with Crippen molar-refractivity contribution in [3.8, 4) is 11.4 Å². The number of para-hydroxylation sites is 2. The first-order valence-corrected chi connectivity index (χ1v) is 9.47. The lowest BCUT2D eigenvalue weighted by atomic mass is 10.1. The Hall–Kier alpha value is -1.90. The van der Waals surface area contributed by atoms with Crippen LogP contribution in [0, 0.1) is 5.92 Å². The highest BCUT2D eigenvalue weighted by Crippen LogP contribution is 2.22. The third-order valence-corrected chi connectivity index (χ3v) is 5.62. The second-order valence-corrected chi connectivity index (χ2v) is 7.60. The molecule has 1 aliphatic heterocycles. The van der Waals surface area contributed by atoms with Gasteiger partial charge in [0.15, 0.2) is 0 Å². The van der Waals surface area contributed by atoms with Gasteiger partial charge < -0.3 is 10.1 Å². The van der Waals surface area contributed by atoms with Crippen molar-refractivity contribution in [2.45, 2.75) is 17.7 Å². The number of nitrogens with zero attached hydrogens (tertiary/aromatic N) is 2. The second kappa shape index (κ2) is 7.33. The van der Waals surface area contributed by atoms with E-state index in [4.69, 9.17) is 4.74 Å². The Morgan fingerprint density at radius 1 is 1.42 bits per heavy atom. The highest BCUT2D eigenvalue weighted by molar-refractivity contribution is 7.89. The molecule has 0 saturated carbocycles. The predicted molar refractivity (Wildman–Crippen MR) is 90.9 cm³/mol. The van der Waals surface area contributed by atoms with Gasteiger partial charge in [-0.2, -0.15) is 5.10 Å². The molecule has 2 heterocycles. The van der Waals surface area contributed by atoms with Gasteiger partial charge in [0, 0.05) is 6.54 Å². The van der Waals surface area contributed by atoms with Gasteiger partial charge in [-0.25, -0.2) is 17.8 Å². The number of rotatable bonds is 7. The van der Waals surface area contributed by atoms with Crippen molar-refractivity contribution < 1.29 is 13.2 Å². The molecule has 1 fully saturated rings. The maximum atomic E-state index is 12.4. The van der Waals surface area contributed by atoms with Crippen LogP contribution in [0.3, 0.4) is 0 Å². The van der Waals surface area contributed by atoms with E-state index in [-0.39, 0.29) is 4.90 Å². The number of ether oxygens (including phenoxy) is 1.